The molecule has 0 saturated heterocycles. The normalized spacial score (nSPS) is 13.0. The molecular formula is C26H34Cl2N2O2. The van der Waals surface area contributed by atoms with E-state index in [1.54, 1.807) is 30.0 Å². The SMILES string of the molecule is CC[C@@H](C)NC(=O)[C@@H](C)N(Cc1c(Cl)cccc1Cl)C(=O)CCc1ccc(C(C)C)cc1. The van der Waals surface area contributed by atoms with Gasteiger partial charge in [-0.15, -0.1) is 0 Å². The maximum Gasteiger partial charge on any atom is 0.242 e. The van der Waals surface area contributed by atoms with Crippen LogP contribution in [0.3, 0.4) is 0 Å². The zero-order chi connectivity index (χ0) is 23.8. The third-order valence-corrected chi connectivity index (χ3v) is 6.54. The van der Waals surface area contributed by atoms with Crippen molar-refractivity contribution in [1.29, 1.82) is 0 Å². The fourth-order valence-corrected chi connectivity index (χ4v) is 3.88. The highest BCUT2D eigenvalue weighted by Crippen LogP contribution is 2.27. The molecular weight excluding hydrogens is 443 g/mol. The molecule has 2 atom stereocenters. The molecule has 2 rings (SSSR count). The highest BCUT2D eigenvalue weighted by Gasteiger charge is 2.27. The minimum absolute atomic E-state index is 0.0327. The molecule has 0 spiro atoms. The first-order chi connectivity index (χ1) is 15.1. The first-order valence-electron chi connectivity index (χ1n) is 11.3. The Balaban J connectivity index is 2.20. The number of hydrogen-bond donors (Lipinski definition) is 1. The molecule has 0 unspecified atom stereocenters. The lowest BCUT2D eigenvalue weighted by atomic mass is 10.00. The van der Waals surface area contributed by atoms with Crippen molar-refractivity contribution in [3.63, 3.8) is 0 Å². The van der Waals surface area contributed by atoms with Gasteiger partial charge < -0.3 is 10.2 Å². The van der Waals surface area contributed by atoms with Crippen molar-refractivity contribution in [2.75, 3.05) is 0 Å². The Labute approximate surface area is 202 Å². The fraction of sp³-hybridized carbons (Fsp3) is 0.462. The lowest BCUT2D eigenvalue weighted by molar-refractivity contribution is -0.140. The van der Waals surface area contributed by atoms with Crippen LogP contribution in [-0.4, -0.2) is 28.8 Å². The van der Waals surface area contributed by atoms with Gasteiger partial charge in [-0.1, -0.05) is 74.3 Å². The van der Waals surface area contributed by atoms with E-state index >= 15 is 0 Å². The molecule has 4 nitrogen and oxygen atoms in total. The van der Waals surface area contributed by atoms with E-state index < -0.39 is 6.04 Å². The van der Waals surface area contributed by atoms with Crippen molar-refractivity contribution in [3.05, 3.63) is 69.2 Å². The minimum atomic E-state index is -0.646. The van der Waals surface area contributed by atoms with Crippen LogP contribution in [0.1, 0.15) is 70.1 Å². The van der Waals surface area contributed by atoms with Crippen LogP contribution in [0, 0.1) is 0 Å². The van der Waals surface area contributed by atoms with Gasteiger partial charge in [-0.3, -0.25) is 9.59 Å². The Morgan fingerprint density at radius 3 is 2.09 bits per heavy atom. The Morgan fingerprint density at radius 1 is 0.969 bits per heavy atom. The quantitative estimate of drug-likeness (QED) is 0.432. The van der Waals surface area contributed by atoms with Crippen LogP contribution >= 0.6 is 23.2 Å². The second-order valence-corrected chi connectivity index (χ2v) is 9.43. The average Bonchev–Trinajstić information content (AvgIpc) is 2.77. The first-order valence-corrected chi connectivity index (χ1v) is 12.0. The molecule has 6 heteroatoms. The van der Waals surface area contributed by atoms with Crippen LogP contribution in [0.5, 0.6) is 0 Å². The van der Waals surface area contributed by atoms with Crippen LogP contribution in [0.4, 0.5) is 0 Å². The molecule has 2 amide bonds. The van der Waals surface area contributed by atoms with Gasteiger partial charge >= 0.3 is 0 Å². The van der Waals surface area contributed by atoms with E-state index in [1.807, 2.05) is 13.8 Å². The van der Waals surface area contributed by atoms with Crippen molar-refractivity contribution in [3.8, 4) is 0 Å². The van der Waals surface area contributed by atoms with Crippen molar-refractivity contribution in [2.24, 2.45) is 0 Å². The average molecular weight is 477 g/mol. The predicted molar refractivity (Wildman–Crippen MR) is 133 cm³/mol. The summed E-state index contributed by atoms with van der Waals surface area (Å²) in [5, 5.41) is 3.93. The highest BCUT2D eigenvalue weighted by molar-refractivity contribution is 6.36. The lowest BCUT2D eigenvalue weighted by Crippen LogP contribution is -2.49. The maximum atomic E-state index is 13.3. The standard InChI is InChI=1S/C26H34Cl2N2O2/c1-6-18(4)29-26(32)19(5)30(16-22-23(27)8-7-9-24(22)28)25(31)15-12-20-10-13-21(14-11-20)17(2)3/h7-11,13-14,17-19H,6,12,15-16H2,1-5H3,(H,29,32)/t18-,19-/m1/s1. The summed E-state index contributed by atoms with van der Waals surface area (Å²) in [7, 11) is 0. The molecule has 0 bridgehead atoms. The van der Waals surface area contributed by atoms with Gasteiger partial charge in [0.2, 0.25) is 11.8 Å². The molecule has 0 saturated carbocycles. The van der Waals surface area contributed by atoms with Gasteiger partial charge in [0.1, 0.15) is 6.04 Å². The van der Waals surface area contributed by atoms with Crippen LogP contribution in [0.15, 0.2) is 42.5 Å². The lowest BCUT2D eigenvalue weighted by Gasteiger charge is -2.30. The fourth-order valence-electron chi connectivity index (χ4n) is 3.37. The van der Waals surface area contributed by atoms with Crippen LogP contribution in [0.25, 0.3) is 0 Å². The number of carbonyl (C=O) groups excluding carboxylic acids is 2. The number of nitrogens with zero attached hydrogens (tertiary/aromatic N) is 1. The van der Waals surface area contributed by atoms with Gasteiger partial charge in [0, 0.05) is 34.6 Å². The molecule has 0 heterocycles. The predicted octanol–water partition coefficient (Wildman–Crippen LogP) is 6.38. The Hall–Kier alpha value is -2.04. The van der Waals surface area contributed by atoms with E-state index in [0.717, 1.165) is 12.0 Å². The molecule has 174 valence electrons. The van der Waals surface area contributed by atoms with E-state index in [1.165, 1.54) is 5.56 Å². The topological polar surface area (TPSA) is 49.4 Å². The van der Waals surface area contributed by atoms with Gasteiger partial charge in [-0.05, 0) is 55.9 Å². The second kappa shape index (κ2) is 12.3. The Morgan fingerprint density at radius 2 is 1.56 bits per heavy atom. The molecule has 2 aromatic rings. The van der Waals surface area contributed by atoms with E-state index in [9.17, 15) is 9.59 Å². The summed E-state index contributed by atoms with van der Waals surface area (Å²) in [5.74, 6) is 0.171. The number of carbonyl (C=O) groups is 2. The molecule has 0 radical (unpaired) electrons. The molecule has 0 aliphatic carbocycles. The molecule has 2 aromatic carbocycles. The summed E-state index contributed by atoms with van der Waals surface area (Å²) in [6.45, 7) is 10.2. The summed E-state index contributed by atoms with van der Waals surface area (Å²) >= 11 is 12.7. The summed E-state index contributed by atoms with van der Waals surface area (Å²) < 4.78 is 0. The van der Waals surface area contributed by atoms with Gasteiger partial charge in [0.25, 0.3) is 0 Å². The van der Waals surface area contributed by atoms with Crippen molar-refractivity contribution in [1.82, 2.24) is 10.2 Å². The molecule has 0 fully saturated rings. The van der Waals surface area contributed by atoms with Crippen LogP contribution in [-0.2, 0) is 22.6 Å². The van der Waals surface area contributed by atoms with E-state index in [2.05, 4.69) is 43.4 Å². The Bertz CT molecular complexity index is 892. The van der Waals surface area contributed by atoms with Crippen LogP contribution in [0.2, 0.25) is 10.0 Å². The van der Waals surface area contributed by atoms with Gasteiger partial charge in [-0.2, -0.15) is 0 Å². The molecule has 0 aliphatic rings. The van der Waals surface area contributed by atoms with Gasteiger partial charge in [0.05, 0.1) is 0 Å². The zero-order valence-corrected chi connectivity index (χ0v) is 21.1. The van der Waals surface area contributed by atoms with E-state index in [0.29, 0.717) is 34.4 Å². The molecule has 0 aliphatic heterocycles. The van der Waals surface area contributed by atoms with Gasteiger partial charge in [0.15, 0.2) is 0 Å². The second-order valence-electron chi connectivity index (χ2n) is 8.61. The highest BCUT2D eigenvalue weighted by atomic mass is 35.5. The Kier molecular flexibility index (Phi) is 10.0. The van der Waals surface area contributed by atoms with Crippen molar-refractivity contribution >= 4 is 35.0 Å². The van der Waals surface area contributed by atoms with Crippen molar-refractivity contribution in [2.45, 2.75) is 78.4 Å². The number of nitrogens with one attached hydrogen (secondary N) is 1. The number of rotatable bonds is 10. The number of benzene rings is 2. The number of aryl methyl sites for hydroxylation is 1. The zero-order valence-electron chi connectivity index (χ0n) is 19.6. The number of halogens is 2. The monoisotopic (exact) mass is 476 g/mol. The molecule has 1 N–H and O–H groups in total. The van der Waals surface area contributed by atoms with E-state index in [4.69, 9.17) is 23.2 Å². The number of amides is 2. The summed E-state index contributed by atoms with van der Waals surface area (Å²) in [5.41, 5.74) is 3.01. The summed E-state index contributed by atoms with van der Waals surface area (Å²) in [4.78, 5) is 27.7. The summed E-state index contributed by atoms with van der Waals surface area (Å²) in [6, 6.07) is 13.0. The third-order valence-electron chi connectivity index (χ3n) is 5.83. The number of hydrogen-bond acceptors (Lipinski definition) is 2. The molecule has 0 aromatic heterocycles. The minimum Gasteiger partial charge on any atom is -0.352 e. The maximum absolute atomic E-state index is 13.3. The third kappa shape index (κ3) is 7.25. The van der Waals surface area contributed by atoms with E-state index in [-0.39, 0.29) is 24.4 Å². The first kappa shape index (κ1) is 26.2. The van der Waals surface area contributed by atoms with Crippen LogP contribution < -0.4 is 5.32 Å². The van der Waals surface area contributed by atoms with Crippen molar-refractivity contribution < 1.29 is 9.59 Å². The largest absolute Gasteiger partial charge is 0.352 e. The molecule has 32 heavy (non-hydrogen) atoms. The smallest absolute Gasteiger partial charge is 0.242 e. The van der Waals surface area contributed by atoms with Gasteiger partial charge in [-0.25, -0.2) is 0 Å². The summed E-state index contributed by atoms with van der Waals surface area (Å²) in [6.07, 6.45) is 1.71.